The van der Waals surface area contributed by atoms with Gasteiger partial charge in [0.2, 0.25) is 0 Å². The van der Waals surface area contributed by atoms with E-state index in [4.69, 9.17) is 6.57 Å². The molecule has 3 aromatic rings. The quantitative estimate of drug-likeness (QED) is 0.445. The predicted octanol–water partition coefficient (Wildman–Crippen LogP) is 5.01. The van der Waals surface area contributed by atoms with Crippen molar-refractivity contribution in [2.24, 2.45) is 0 Å². The molecule has 0 radical (unpaired) electrons. The Labute approximate surface area is 200 Å². The first-order chi connectivity index (χ1) is 16.3. The highest BCUT2D eigenvalue weighted by molar-refractivity contribution is 7.91. The third-order valence-electron chi connectivity index (χ3n) is 5.15. The van der Waals surface area contributed by atoms with E-state index in [0.717, 1.165) is 24.6 Å². The van der Waals surface area contributed by atoms with E-state index >= 15 is 0 Å². The van der Waals surface area contributed by atoms with Crippen molar-refractivity contribution in [1.29, 1.82) is 0 Å². The van der Waals surface area contributed by atoms with Crippen molar-refractivity contribution in [1.82, 2.24) is 0 Å². The number of nitrogens with zero attached hydrogens (tertiary/aromatic N) is 1. The van der Waals surface area contributed by atoms with Gasteiger partial charge in [-0.25, -0.2) is 13.3 Å². The van der Waals surface area contributed by atoms with Crippen molar-refractivity contribution in [3.8, 4) is 0 Å². The topological polar surface area (TPSA) is 87.8 Å². The number of alkyl halides is 3. The summed E-state index contributed by atoms with van der Waals surface area (Å²) in [5.41, 5.74) is -3.02. The van der Waals surface area contributed by atoms with Crippen molar-refractivity contribution in [3.63, 3.8) is 0 Å². The van der Waals surface area contributed by atoms with E-state index in [1.165, 1.54) is 12.1 Å². The molecule has 0 bridgehead atoms. The Morgan fingerprint density at radius 2 is 1.66 bits per heavy atom. The van der Waals surface area contributed by atoms with E-state index in [0.29, 0.717) is 18.1 Å². The summed E-state index contributed by atoms with van der Waals surface area (Å²) in [6.07, 6.45) is -4.36. The molecule has 10 heteroatoms. The lowest BCUT2D eigenvalue weighted by Crippen LogP contribution is -2.45. The smallest absolute Gasteiger partial charge is 0.379 e. The average Bonchev–Trinajstić information content (AvgIpc) is 2.78. The van der Waals surface area contributed by atoms with Crippen LogP contribution in [0.25, 0.3) is 4.85 Å². The van der Waals surface area contributed by atoms with Crippen LogP contribution in [0.15, 0.2) is 77.7 Å². The normalized spacial score (nSPS) is 13.5. The molecule has 1 unspecified atom stereocenters. The molecule has 2 N–H and O–H groups in total. The monoisotopic (exact) mass is 502 g/mol. The maximum Gasteiger partial charge on any atom is 0.407 e. The number of carbonyl (C=O) groups excluding carboxylic acids is 1. The van der Waals surface area contributed by atoms with Gasteiger partial charge in [0.25, 0.3) is 5.91 Å². The second-order valence-electron chi connectivity index (χ2n) is 8.14. The number of halogens is 3. The van der Waals surface area contributed by atoms with E-state index in [-0.39, 0.29) is 10.6 Å². The lowest BCUT2D eigenvalue weighted by Gasteiger charge is -2.23. The predicted molar refractivity (Wildman–Crippen MR) is 125 cm³/mol. The van der Waals surface area contributed by atoms with E-state index in [1.54, 1.807) is 12.1 Å². The van der Waals surface area contributed by atoms with Crippen LogP contribution in [0, 0.1) is 6.57 Å². The number of amides is 1. The van der Waals surface area contributed by atoms with Crippen LogP contribution in [0.2, 0.25) is 0 Å². The van der Waals surface area contributed by atoms with E-state index in [1.807, 2.05) is 30.3 Å². The van der Waals surface area contributed by atoms with Crippen LogP contribution in [0.5, 0.6) is 0 Å². The minimum absolute atomic E-state index is 0.0974. The fourth-order valence-corrected chi connectivity index (χ4v) is 5.06. The number of benzene rings is 3. The summed E-state index contributed by atoms with van der Waals surface area (Å²) >= 11 is 0. The summed E-state index contributed by atoms with van der Waals surface area (Å²) in [5.74, 6) is -2.20. The first-order valence-corrected chi connectivity index (χ1v) is 12.0. The standard InChI is InChI=1S/C25H21F3N2O4S/c1-24(32,23(31)30-19-11-12-22(29-2)21(15-19)25(26,27)28)16-35(33,34)20-10-6-9-18(14-20)13-17-7-4-3-5-8-17/h3-12,14-15,32H,13,16H2,1H3,(H,30,31). The van der Waals surface area contributed by atoms with Crippen molar-refractivity contribution in [2.75, 3.05) is 11.1 Å². The molecule has 0 aliphatic rings. The summed E-state index contributed by atoms with van der Waals surface area (Å²) in [5, 5.41) is 12.7. The van der Waals surface area contributed by atoms with Crippen LogP contribution in [0.1, 0.15) is 23.6 Å². The van der Waals surface area contributed by atoms with Crippen LogP contribution in [-0.2, 0) is 27.2 Å². The van der Waals surface area contributed by atoms with Gasteiger partial charge in [0.05, 0.1) is 22.8 Å². The molecule has 3 aromatic carbocycles. The first-order valence-electron chi connectivity index (χ1n) is 10.3. The van der Waals surface area contributed by atoms with E-state index in [9.17, 15) is 31.5 Å². The van der Waals surface area contributed by atoms with Gasteiger partial charge in [-0.15, -0.1) is 0 Å². The molecule has 0 fully saturated rings. The molecule has 0 aliphatic carbocycles. The van der Waals surface area contributed by atoms with Gasteiger partial charge in [-0.2, -0.15) is 13.2 Å². The van der Waals surface area contributed by atoms with Gasteiger partial charge < -0.3 is 10.4 Å². The molecular formula is C25H21F3N2O4S. The average molecular weight is 503 g/mol. The Balaban J connectivity index is 1.79. The van der Waals surface area contributed by atoms with Crippen molar-refractivity contribution in [2.45, 2.75) is 30.0 Å². The summed E-state index contributed by atoms with van der Waals surface area (Å²) in [4.78, 5) is 15.3. The third-order valence-corrected chi connectivity index (χ3v) is 7.06. The number of nitrogens with one attached hydrogen (secondary N) is 1. The molecule has 0 saturated carbocycles. The van der Waals surface area contributed by atoms with Crippen LogP contribution in [-0.4, -0.2) is 30.8 Å². The van der Waals surface area contributed by atoms with Crippen LogP contribution in [0.3, 0.4) is 0 Å². The zero-order valence-electron chi connectivity index (χ0n) is 18.5. The minimum Gasteiger partial charge on any atom is -0.379 e. The number of rotatable bonds is 7. The van der Waals surface area contributed by atoms with Crippen molar-refractivity contribution < 1.29 is 31.5 Å². The molecule has 1 amide bonds. The molecule has 6 nitrogen and oxygen atoms in total. The summed E-state index contributed by atoms with van der Waals surface area (Å²) < 4.78 is 65.5. The summed E-state index contributed by atoms with van der Waals surface area (Å²) in [6, 6.07) is 18.0. The molecule has 182 valence electrons. The van der Waals surface area contributed by atoms with Gasteiger partial charge in [-0.3, -0.25) is 4.79 Å². The van der Waals surface area contributed by atoms with Gasteiger partial charge in [0.1, 0.15) is 0 Å². The Hall–Kier alpha value is -3.68. The first kappa shape index (κ1) is 25.9. The number of aliphatic hydroxyl groups is 1. The maximum absolute atomic E-state index is 13.2. The molecule has 1 atom stereocenters. The maximum atomic E-state index is 13.2. The molecule has 0 heterocycles. The molecule has 0 saturated heterocycles. The number of anilines is 1. The molecule has 35 heavy (non-hydrogen) atoms. The Kier molecular flexibility index (Phi) is 7.33. The zero-order valence-corrected chi connectivity index (χ0v) is 19.3. The molecule has 0 aromatic heterocycles. The highest BCUT2D eigenvalue weighted by Gasteiger charge is 2.38. The highest BCUT2D eigenvalue weighted by Crippen LogP contribution is 2.38. The lowest BCUT2D eigenvalue weighted by atomic mass is 10.1. The van der Waals surface area contributed by atoms with Crippen LogP contribution >= 0.6 is 0 Å². The van der Waals surface area contributed by atoms with E-state index in [2.05, 4.69) is 10.2 Å². The largest absolute Gasteiger partial charge is 0.407 e. The second kappa shape index (κ2) is 9.90. The number of hydrogen-bond donors (Lipinski definition) is 2. The molecule has 0 aliphatic heterocycles. The minimum atomic E-state index is -4.84. The number of carbonyl (C=O) groups is 1. The highest BCUT2D eigenvalue weighted by atomic mass is 32.2. The fourth-order valence-electron chi connectivity index (χ4n) is 3.40. The van der Waals surface area contributed by atoms with Gasteiger partial charge in [0, 0.05) is 5.69 Å². The fraction of sp³-hybridized carbons (Fsp3) is 0.200. The summed E-state index contributed by atoms with van der Waals surface area (Å²) in [6.45, 7) is 7.83. The SMILES string of the molecule is [C-]#[N+]c1ccc(NC(=O)C(C)(O)CS(=O)(=O)c2cccc(Cc3ccccc3)c2)cc1C(F)(F)F. The Bertz CT molecular complexity index is 1380. The number of hydrogen-bond acceptors (Lipinski definition) is 4. The molecule has 3 rings (SSSR count). The second-order valence-corrected chi connectivity index (χ2v) is 10.1. The Morgan fingerprint density at radius 1 is 1.00 bits per heavy atom. The number of sulfone groups is 1. The van der Waals surface area contributed by atoms with Crippen LogP contribution < -0.4 is 5.32 Å². The van der Waals surface area contributed by atoms with Gasteiger partial charge in [0.15, 0.2) is 21.1 Å². The summed E-state index contributed by atoms with van der Waals surface area (Å²) in [7, 11) is -4.14. The Morgan fingerprint density at radius 3 is 2.29 bits per heavy atom. The van der Waals surface area contributed by atoms with Crippen molar-refractivity contribution >= 4 is 27.1 Å². The van der Waals surface area contributed by atoms with E-state index < -0.39 is 44.5 Å². The zero-order chi connectivity index (χ0) is 25.9. The molecule has 0 spiro atoms. The van der Waals surface area contributed by atoms with Crippen LogP contribution in [0.4, 0.5) is 24.5 Å². The van der Waals surface area contributed by atoms with Gasteiger partial charge in [-0.1, -0.05) is 48.5 Å². The van der Waals surface area contributed by atoms with Crippen molar-refractivity contribution in [3.05, 3.63) is 101 Å². The van der Waals surface area contributed by atoms with Gasteiger partial charge >= 0.3 is 6.18 Å². The van der Waals surface area contributed by atoms with Gasteiger partial charge in [-0.05, 0) is 48.7 Å². The third kappa shape index (κ3) is 6.47. The lowest BCUT2D eigenvalue weighted by molar-refractivity contribution is -0.137. The molecular weight excluding hydrogens is 481 g/mol.